The zero-order valence-corrected chi connectivity index (χ0v) is 12.5. The van der Waals surface area contributed by atoms with Crippen molar-refractivity contribution in [3.63, 3.8) is 0 Å². The summed E-state index contributed by atoms with van der Waals surface area (Å²) in [5, 5.41) is 11.8. The normalized spacial score (nSPS) is 11.0. The number of esters is 1. The lowest BCUT2D eigenvalue weighted by Gasteiger charge is -2.23. The molecule has 0 aliphatic rings. The van der Waals surface area contributed by atoms with Crippen molar-refractivity contribution in [3.05, 3.63) is 18.1 Å². The highest BCUT2D eigenvalue weighted by molar-refractivity contribution is 5.85. The quantitative estimate of drug-likeness (QED) is 0.707. The zero-order chi connectivity index (χ0) is 15.9. The van der Waals surface area contributed by atoms with Crippen LogP contribution in [0.25, 0.3) is 0 Å². The third-order valence-corrected chi connectivity index (χ3v) is 3.15. The summed E-state index contributed by atoms with van der Waals surface area (Å²) in [6, 6.07) is 1.66. The number of nitrogens with zero attached hydrogens (tertiary/aromatic N) is 2. The van der Waals surface area contributed by atoms with E-state index in [0.717, 1.165) is 6.42 Å². The highest BCUT2D eigenvalue weighted by Gasteiger charge is 2.19. The first-order valence-corrected chi connectivity index (χ1v) is 6.71. The van der Waals surface area contributed by atoms with Crippen molar-refractivity contribution in [3.8, 4) is 0 Å². The number of carbonyl (C=O) groups excluding carboxylic acids is 1. The lowest BCUT2D eigenvalue weighted by molar-refractivity contribution is -0.137. The molecule has 7 heteroatoms. The second kappa shape index (κ2) is 7.56. The third-order valence-electron chi connectivity index (χ3n) is 3.15. The molecule has 0 saturated heterocycles. The number of hydrogen-bond acceptors (Lipinski definition) is 6. The highest BCUT2D eigenvalue weighted by Crippen LogP contribution is 2.26. The summed E-state index contributed by atoms with van der Waals surface area (Å²) in [5.41, 5.74) is -0.0798. The number of aromatic nitrogens is 2. The summed E-state index contributed by atoms with van der Waals surface area (Å²) >= 11 is 0. The first-order valence-electron chi connectivity index (χ1n) is 6.71. The summed E-state index contributed by atoms with van der Waals surface area (Å²) in [5.74, 6) is -0.818. The van der Waals surface area contributed by atoms with Gasteiger partial charge in [-0.2, -0.15) is 0 Å². The summed E-state index contributed by atoms with van der Waals surface area (Å²) in [6.45, 7) is 4.68. The minimum atomic E-state index is -0.783. The number of carbonyl (C=O) groups is 2. The Morgan fingerprint density at radius 1 is 1.38 bits per heavy atom. The van der Waals surface area contributed by atoms with Gasteiger partial charge >= 0.3 is 11.9 Å². The van der Waals surface area contributed by atoms with E-state index in [0.29, 0.717) is 18.8 Å². The monoisotopic (exact) mass is 295 g/mol. The van der Waals surface area contributed by atoms with Crippen LogP contribution in [0.3, 0.4) is 0 Å². The molecule has 0 aliphatic carbocycles. The van der Waals surface area contributed by atoms with Crippen LogP contribution in [0.2, 0.25) is 0 Å². The number of hydrogen-bond donors (Lipinski definition) is 2. The number of carboxylic acids is 1. The average molecular weight is 295 g/mol. The molecule has 116 valence electrons. The fourth-order valence-corrected chi connectivity index (χ4v) is 1.75. The average Bonchev–Trinajstić information content (AvgIpc) is 2.44. The predicted molar refractivity (Wildman–Crippen MR) is 77.1 cm³/mol. The van der Waals surface area contributed by atoms with Crippen LogP contribution in [-0.2, 0) is 9.53 Å². The molecule has 1 rings (SSSR count). The van der Waals surface area contributed by atoms with Gasteiger partial charge in [0.25, 0.3) is 0 Å². The fourth-order valence-electron chi connectivity index (χ4n) is 1.75. The smallest absolute Gasteiger partial charge is 0.376 e. The van der Waals surface area contributed by atoms with Gasteiger partial charge in [-0.15, -0.1) is 0 Å². The van der Waals surface area contributed by atoms with E-state index in [9.17, 15) is 9.59 Å². The Morgan fingerprint density at radius 3 is 2.71 bits per heavy atom. The molecular formula is C14H21N3O4. The molecule has 0 aromatic carbocycles. The molecule has 0 bridgehead atoms. The van der Waals surface area contributed by atoms with E-state index in [4.69, 9.17) is 5.11 Å². The first-order chi connectivity index (χ1) is 9.84. The molecule has 1 aromatic rings. The Kier molecular flexibility index (Phi) is 6.08. The summed E-state index contributed by atoms with van der Waals surface area (Å²) in [7, 11) is 1.27. The number of nitrogens with one attached hydrogen (secondary N) is 1. The largest absolute Gasteiger partial charge is 0.481 e. The minimum Gasteiger partial charge on any atom is -0.481 e. The van der Waals surface area contributed by atoms with E-state index in [-0.39, 0.29) is 17.7 Å². The maximum Gasteiger partial charge on any atom is 0.376 e. The van der Waals surface area contributed by atoms with Gasteiger partial charge in [0.05, 0.1) is 7.11 Å². The number of aliphatic carboxylic acids is 1. The van der Waals surface area contributed by atoms with Crippen LogP contribution in [0, 0.1) is 5.41 Å². The molecule has 0 aliphatic heterocycles. The molecule has 1 heterocycles. The maximum absolute atomic E-state index is 11.3. The third kappa shape index (κ3) is 6.20. The molecular weight excluding hydrogens is 274 g/mol. The van der Waals surface area contributed by atoms with Crippen LogP contribution in [0.1, 0.15) is 43.7 Å². The molecule has 0 radical (unpaired) electrons. The lowest BCUT2D eigenvalue weighted by Crippen LogP contribution is -2.19. The van der Waals surface area contributed by atoms with Gasteiger partial charge in [0.2, 0.25) is 5.82 Å². The molecule has 0 amide bonds. The van der Waals surface area contributed by atoms with E-state index in [2.05, 4.69) is 20.0 Å². The second-order valence-electron chi connectivity index (χ2n) is 5.49. The van der Waals surface area contributed by atoms with E-state index < -0.39 is 11.9 Å². The predicted octanol–water partition coefficient (Wildman–Crippen LogP) is 1.96. The maximum atomic E-state index is 11.3. The van der Waals surface area contributed by atoms with Crippen molar-refractivity contribution in [2.45, 2.75) is 33.1 Å². The van der Waals surface area contributed by atoms with Gasteiger partial charge in [-0.25, -0.2) is 14.8 Å². The lowest BCUT2D eigenvalue weighted by atomic mass is 9.84. The molecule has 0 spiro atoms. The minimum absolute atomic E-state index is 0.00707. The standard InChI is InChI=1S/C14H21N3O4/c1-14(2,6-4-11(18)19)7-9-15-10-5-8-16-12(17-10)13(20)21-3/h5,8H,4,6-7,9H2,1-3H3,(H,18,19)(H,15,16,17). The van der Waals surface area contributed by atoms with E-state index >= 15 is 0 Å². The molecule has 0 saturated carbocycles. The van der Waals surface area contributed by atoms with E-state index in [1.807, 2.05) is 13.8 Å². The zero-order valence-electron chi connectivity index (χ0n) is 12.5. The van der Waals surface area contributed by atoms with Crippen LogP contribution >= 0.6 is 0 Å². The van der Waals surface area contributed by atoms with Crippen LogP contribution < -0.4 is 5.32 Å². The van der Waals surface area contributed by atoms with Crippen LogP contribution in [0.4, 0.5) is 5.82 Å². The van der Waals surface area contributed by atoms with Gasteiger partial charge in [-0.3, -0.25) is 4.79 Å². The van der Waals surface area contributed by atoms with E-state index in [1.54, 1.807) is 6.07 Å². The van der Waals surface area contributed by atoms with Gasteiger partial charge in [0.15, 0.2) is 0 Å². The van der Waals surface area contributed by atoms with Crippen molar-refractivity contribution < 1.29 is 19.4 Å². The van der Waals surface area contributed by atoms with Crippen LogP contribution in [0.5, 0.6) is 0 Å². The summed E-state index contributed by atoms with van der Waals surface area (Å²) in [6.07, 6.45) is 3.04. The Bertz CT molecular complexity index is 503. The summed E-state index contributed by atoms with van der Waals surface area (Å²) in [4.78, 5) is 29.8. The fraction of sp³-hybridized carbons (Fsp3) is 0.571. The molecule has 2 N–H and O–H groups in total. The first kappa shape index (κ1) is 16.9. The molecule has 0 fully saturated rings. The number of carboxylic acid groups (broad SMARTS) is 1. The van der Waals surface area contributed by atoms with Crippen molar-refractivity contribution in [2.75, 3.05) is 19.0 Å². The highest BCUT2D eigenvalue weighted by atomic mass is 16.5. The van der Waals surface area contributed by atoms with Crippen molar-refractivity contribution in [2.24, 2.45) is 5.41 Å². The number of ether oxygens (including phenoxy) is 1. The molecule has 0 atom stereocenters. The number of methoxy groups -OCH3 is 1. The van der Waals surface area contributed by atoms with Crippen LogP contribution in [0.15, 0.2) is 12.3 Å². The van der Waals surface area contributed by atoms with Gasteiger partial charge in [0.1, 0.15) is 5.82 Å². The van der Waals surface area contributed by atoms with Gasteiger partial charge in [-0.1, -0.05) is 13.8 Å². The Balaban J connectivity index is 2.48. The number of anilines is 1. The van der Waals surface area contributed by atoms with E-state index in [1.165, 1.54) is 13.3 Å². The molecule has 0 unspecified atom stereocenters. The molecule has 1 aromatic heterocycles. The Hall–Kier alpha value is -2.18. The van der Waals surface area contributed by atoms with Crippen molar-refractivity contribution in [1.82, 2.24) is 9.97 Å². The van der Waals surface area contributed by atoms with Crippen molar-refractivity contribution in [1.29, 1.82) is 0 Å². The van der Waals surface area contributed by atoms with Gasteiger partial charge in [0, 0.05) is 19.2 Å². The Morgan fingerprint density at radius 2 is 2.10 bits per heavy atom. The second-order valence-corrected chi connectivity index (χ2v) is 5.49. The summed E-state index contributed by atoms with van der Waals surface area (Å²) < 4.78 is 4.56. The number of rotatable bonds is 8. The SMILES string of the molecule is COC(=O)c1nccc(NCCC(C)(C)CCC(=O)O)n1. The Labute approximate surface area is 123 Å². The molecule has 7 nitrogen and oxygen atoms in total. The van der Waals surface area contributed by atoms with Gasteiger partial charge in [-0.05, 0) is 24.3 Å². The van der Waals surface area contributed by atoms with Gasteiger partial charge < -0.3 is 15.2 Å². The van der Waals surface area contributed by atoms with Crippen LogP contribution in [-0.4, -0.2) is 40.7 Å². The van der Waals surface area contributed by atoms with Crippen molar-refractivity contribution >= 4 is 17.8 Å². The topological polar surface area (TPSA) is 101 Å². The molecule has 21 heavy (non-hydrogen) atoms.